The van der Waals surface area contributed by atoms with Gasteiger partial charge < -0.3 is 0 Å². The summed E-state index contributed by atoms with van der Waals surface area (Å²) in [6, 6.07) is 21.7. The predicted molar refractivity (Wildman–Crippen MR) is 75.5 cm³/mol. The molecule has 0 saturated carbocycles. The Morgan fingerprint density at radius 2 is 1.00 bits per heavy atom. The van der Waals surface area contributed by atoms with Crippen molar-refractivity contribution in [3.63, 3.8) is 0 Å². The molecule has 0 N–H and O–H groups in total. The number of hydrogen-bond acceptors (Lipinski definition) is 0. The van der Waals surface area contributed by atoms with E-state index >= 15 is 0 Å². The molecule has 0 aliphatic carbocycles. The van der Waals surface area contributed by atoms with Gasteiger partial charge in [-0.2, -0.15) is 0 Å². The summed E-state index contributed by atoms with van der Waals surface area (Å²) in [6.07, 6.45) is 0. The molecule has 0 fully saturated rings. The quantitative estimate of drug-likeness (QED) is 0.740. The Balaban J connectivity index is 2.02. The molecule has 0 bridgehead atoms. The fraction of sp³-hybridized carbons (Fsp3) is 0.250. The van der Waals surface area contributed by atoms with E-state index in [2.05, 4.69) is 74.5 Å². The van der Waals surface area contributed by atoms with Gasteiger partial charge in [0.05, 0.1) is 0 Å². The van der Waals surface area contributed by atoms with E-state index < -0.39 is 0 Å². The summed E-state index contributed by atoms with van der Waals surface area (Å²) in [7, 11) is 0. The van der Waals surface area contributed by atoms with Crippen LogP contribution in [-0.2, 0) is 0 Å². The zero-order valence-electron chi connectivity index (χ0n) is 10.3. The van der Waals surface area contributed by atoms with E-state index in [1.165, 1.54) is 11.1 Å². The average molecular weight is 289 g/mol. The fourth-order valence-corrected chi connectivity index (χ4v) is 4.51. The molecule has 0 saturated heterocycles. The molecule has 2 aromatic rings. The minimum absolute atomic E-state index is 0.600. The van der Waals surface area contributed by atoms with Crippen molar-refractivity contribution < 1.29 is 0 Å². The van der Waals surface area contributed by atoms with Gasteiger partial charge in [0.1, 0.15) is 0 Å². The van der Waals surface area contributed by atoms with Crippen LogP contribution >= 0.6 is 0 Å². The third-order valence-electron chi connectivity index (χ3n) is 2.95. The van der Waals surface area contributed by atoms with Gasteiger partial charge in [0.2, 0.25) is 0 Å². The van der Waals surface area contributed by atoms with Gasteiger partial charge in [0, 0.05) is 0 Å². The van der Waals surface area contributed by atoms with Crippen LogP contribution in [0.2, 0.25) is 0 Å². The van der Waals surface area contributed by atoms with E-state index in [0.29, 0.717) is 24.6 Å². The summed E-state index contributed by atoms with van der Waals surface area (Å²) in [5.41, 5.74) is 2.94. The summed E-state index contributed by atoms with van der Waals surface area (Å²) < 4.78 is 0. The van der Waals surface area contributed by atoms with Gasteiger partial charge in [-0.25, -0.2) is 0 Å². The van der Waals surface area contributed by atoms with E-state index in [9.17, 15) is 0 Å². The third-order valence-corrected chi connectivity index (χ3v) is 5.80. The Morgan fingerprint density at radius 1 is 0.647 bits per heavy atom. The van der Waals surface area contributed by atoms with Gasteiger partial charge in [-0.15, -0.1) is 0 Å². The van der Waals surface area contributed by atoms with E-state index in [1.807, 2.05) is 0 Å². The monoisotopic (exact) mass is 290 g/mol. The third kappa shape index (κ3) is 3.46. The van der Waals surface area contributed by atoms with Crippen LogP contribution in [0.15, 0.2) is 60.7 Å². The topological polar surface area (TPSA) is 0 Å². The van der Waals surface area contributed by atoms with Crippen LogP contribution in [0.3, 0.4) is 0 Å². The minimum atomic E-state index is 0.600. The Bertz CT molecular complexity index is 392. The van der Waals surface area contributed by atoms with Gasteiger partial charge in [-0.3, -0.25) is 0 Å². The molecule has 0 aliphatic heterocycles. The van der Waals surface area contributed by atoms with Crippen molar-refractivity contribution in [1.29, 1.82) is 0 Å². The number of rotatable bonds is 4. The molecule has 0 radical (unpaired) electrons. The molecule has 0 aromatic heterocycles. The van der Waals surface area contributed by atoms with Gasteiger partial charge >= 0.3 is 110 Å². The first-order chi connectivity index (χ1) is 8.27. The fourth-order valence-electron chi connectivity index (χ4n) is 1.91. The van der Waals surface area contributed by atoms with Gasteiger partial charge in [-0.1, -0.05) is 0 Å². The molecule has 0 spiro atoms. The molecule has 17 heavy (non-hydrogen) atoms. The zero-order chi connectivity index (χ0) is 12.1. The van der Waals surface area contributed by atoms with Crippen LogP contribution < -0.4 is 0 Å². The Kier molecular flexibility index (Phi) is 4.42. The van der Waals surface area contributed by atoms with Crippen LogP contribution in [0.5, 0.6) is 0 Å². The normalized spacial score (nSPS) is 14.2. The number of hydrogen-bond donors (Lipinski definition) is 0. The first-order valence-electron chi connectivity index (χ1n) is 6.02. The van der Waals surface area contributed by atoms with Gasteiger partial charge in [0.15, 0.2) is 0 Å². The molecular formula is C16H18Se. The molecule has 1 heteroatoms. The average Bonchev–Trinajstić information content (AvgIpc) is 2.40. The summed E-state index contributed by atoms with van der Waals surface area (Å²) in [6.45, 7) is 4.68. The van der Waals surface area contributed by atoms with E-state index in [0.717, 1.165) is 0 Å². The first kappa shape index (κ1) is 12.4. The molecule has 88 valence electrons. The number of benzene rings is 2. The van der Waals surface area contributed by atoms with Crippen LogP contribution in [0.4, 0.5) is 0 Å². The zero-order valence-corrected chi connectivity index (χ0v) is 12.0. The van der Waals surface area contributed by atoms with E-state index in [1.54, 1.807) is 0 Å². The van der Waals surface area contributed by atoms with E-state index in [4.69, 9.17) is 0 Å². The van der Waals surface area contributed by atoms with Crippen LogP contribution in [0.1, 0.15) is 34.6 Å². The van der Waals surface area contributed by atoms with Crippen molar-refractivity contribution in [2.45, 2.75) is 23.5 Å². The Labute approximate surface area is 110 Å². The Hall–Kier alpha value is -1.04. The van der Waals surface area contributed by atoms with Crippen molar-refractivity contribution >= 4 is 15.0 Å². The maximum absolute atomic E-state index is 2.34. The molecule has 0 aliphatic rings. The molecule has 2 aromatic carbocycles. The molecule has 2 atom stereocenters. The second kappa shape index (κ2) is 6.05. The summed E-state index contributed by atoms with van der Waals surface area (Å²) in [5, 5.41) is 0. The van der Waals surface area contributed by atoms with Crippen molar-refractivity contribution in [2.75, 3.05) is 0 Å². The molecule has 0 heterocycles. The maximum atomic E-state index is 2.34. The Morgan fingerprint density at radius 3 is 1.35 bits per heavy atom. The van der Waals surface area contributed by atoms with Crippen LogP contribution in [-0.4, -0.2) is 15.0 Å². The molecule has 2 rings (SSSR count). The van der Waals surface area contributed by atoms with Gasteiger partial charge in [0.25, 0.3) is 0 Å². The second-order valence-corrected chi connectivity index (χ2v) is 7.78. The SMILES string of the molecule is CC([Se]C(C)c1ccccc1)c1ccccc1. The van der Waals surface area contributed by atoms with Crippen molar-refractivity contribution in [1.82, 2.24) is 0 Å². The first-order valence-corrected chi connectivity index (χ1v) is 8.00. The van der Waals surface area contributed by atoms with E-state index in [-0.39, 0.29) is 0 Å². The molecule has 0 amide bonds. The summed E-state index contributed by atoms with van der Waals surface area (Å²) >= 11 is 0.600. The van der Waals surface area contributed by atoms with Crippen molar-refractivity contribution in [3.05, 3.63) is 71.8 Å². The standard InChI is InChI=1S/C16H18Se/c1-13(15-9-5-3-6-10-15)17-14(2)16-11-7-4-8-12-16/h3-14H,1-2H3. The van der Waals surface area contributed by atoms with Crippen LogP contribution in [0, 0.1) is 0 Å². The molecular weight excluding hydrogens is 271 g/mol. The van der Waals surface area contributed by atoms with Crippen molar-refractivity contribution in [2.24, 2.45) is 0 Å². The molecule has 2 unspecified atom stereocenters. The van der Waals surface area contributed by atoms with Crippen LogP contribution in [0.25, 0.3) is 0 Å². The second-order valence-electron chi connectivity index (χ2n) is 4.24. The van der Waals surface area contributed by atoms with Crippen molar-refractivity contribution in [3.8, 4) is 0 Å². The van der Waals surface area contributed by atoms with Gasteiger partial charge in [-0.05, 0) is 0 Å². The summed E-state index contributed by atoms with van der Waals surface area (Å²) in [4.78, 5) is 1.36. The molecule has 0 nitrogen and oxygen atoms in total. The predicted octanol–water partition coefficient (Wildman–Crippen LogP) is 4.21. The summed E-state index contributed by atoms with van der Waals surface area (Å²) in [5.74, 6) is 0.